The van der Waals surface area contributed by atoms with Crippen LogP contribution in [-0.2, 0) is 4.79 Å². The van der Waals surface area contributed by atoms with Crippen molar-refractivity contribution in [1.82, 2.24) is 0 Å². The van der Waals surface area contributed by atoms with Crippen LogP contribution in [0.4, 0.5) is 27.6 Å². The molecule has 0 saturated carbocycles. The lowest BCUT2D eigenvalue weighted by atomic mass is 10.2. The number of hydrogen-bond acceptors (Lipinski definition) is 2. The maximum atomic E-state index is 13.1. The predicted molar refractivity (Wildman–Crippen MR) is 56.3 cm³/mol. The summed E-state index contributed by atoms with van der Waals surface area (Å²) in [5, 5.41) is 1.52. The van der Waals surface area contributed by atoms with E-state index in [9.17, 15) is 26.7 Å². The first-order valence-corrected chi connectivity index (χ1v) is 4.76. The topological polar surface area (TPSA) is 55.1 Å². The Morgan fingerprint density at radius 3 is 1.78 bits per heavy atom. The molecule has 0 aliphatic carbocycles. The lowest BCUT2D eigenvalue weighted by molar-refractivity contribution is -0.115. The summed E-state index contributed by atoms with van der Waals surface area (Å²) < 4.78 is 64.4. The van der Waals surface area contributed by atoms with E-state index in [0.717, 1.165) is 0 Å². The minimum absolute atomic E-state index is 0.295. The van der Waals surface area contributed by atoms with Crippen molar-refractivity contribution in [3.63, 3.8) is 0 Å². The molecule has 0 aromatic heterocycles. The number of carbonyl (C=O) groups excluding carboxylic acids is 1. The van der Waals surface area contributed by atoms with E-state index in [4.69, 9.17) is 5.73 Å². The average molecular weight is 284 g/mol. The minimum Gasteiger partial charge on any atom is -0.393 e. The van der Waals surface area contributed by atoms with Gasteiger partial charge in [0.1, 0.15) is 5.69 Å². The van der Waals surface area contributed by atoms with Crippen LogP contribution in [0, 0.1) is 29.1 Å². The maximum absolute atomic E-state index is 13.1. The number of benzene rings is 1. The molecule has 98 valence electrons. The van der Waals surface area contributed by atoms with E-state index >= 15 is 0 Å². The first kappa shape index (κ1) is 14.3. The van der Waals surface area contributed by atoms with Gasteiger partial charge in [-0.05, 0) is 0 Å². The SMILES string of the molecule is NC(=S)CC(=O)Nc1c(F)c(F)c(F)c(F)c1F. The molecule has 0 saturated heterocycles. The summed E-state index contributed by atoms with van der Waals surface area (Å²) in [7, 11) is 0. The quantitative estimate of drug-likeness (QED) is 0.386. The van der Waals surface area contributed by atoms with Gasteiger partial charge >= 0.3 is 0 Å². The van der Waals surface area contributed by atoms with Gasteiger partial charge in [-0.2, -0.15) is 0 Å². The Labute approximate surface area is 103 Å². The molecule has 3 N–H and O–H groups in total. The lowest BCUT2D eigenvalue weighted by Crippen LogP contribution is -2.22. The number of rotatable bonds is 3. The molecule has 0 heterocycles. The van der Waals surface area contributed by atoms with Crippen molar-refractivity contribution in [3.8, 4) is 0 Å². The average Bonchev–Trinajstić information content (AvgIpc) is 2.29. The molecule has 0 fully saturated rings. The molecule has 0 spiro atoms. The minimum atomic E-state index is -2.31. The molecule has 1 aromatic rings. The van der Waals surface area contributed by atoms with E-state index in [2.05, 4.69) is 12.2 Å². The van der Waals surface area contributed by atoms with Crippen LogP contribution >= 0.6 is 12.2 Å². The molecule has 0 unspecified atom stereocenters. The van der Waals surface area contributed by atoms with Crippen molar-refractivity contribution in [2.24, 2.45) is 5.73 Å². The third kappa shape index (κ3) is 2.73. The van der Waals surface area contributed by atoms with Crippen LogP contribution in [0.15, 0.2) is 0 Å². The number of amides is 1. The zero-order valence-electron chi connectivity index (χ0n) is 8.49. The van der Waals surface area contributed by atoms with Crippen LogP contribution in [0.2, 0.25) is 0 Å². The molecular formula is C9H5F5N2OS. The predicted octanol–water partition coefficient (Wildman–Crippen LogP) is 2.00. The summed E-state index contributed by atoms with van der Waals surface area (Å²) in [6.45, 7) is 0. The Morgan fingerprint density at radius 2 is 1.39 bits per heavy atom. The molecular weight excluding hydrogens is 279 g/mol. The number of nitrogens with one attached hydrogen (secondary N) is 1. The van der Waals surface area contributed by atoms with Gasteiger partial charge in [0, 0.05) is 0 Å². The van der Waals surface area contributed by atoms with E-state index in [1.165, 1.54) is 5.32 Å². The van der Waals surface area contributed by atoms with E-state index in [0.29, 0.717) is 0 Å². The molecule has 18 heavy (non-hydrogen) atoms. The molecule has 0 aliphatic rings. The van der Waals surface area contributed by atoms with Gasteiger partial charge < -0.3 is 11.1 Å². The van der Waals surface area contributed by atoms with Crippen molar-refractivity contribution in [2.45, 2.75) is 6.42 Å². The maximum Gasteiger partial charge on any atom is 0.231 e. The highest BCUT2D eigenvalue weighted by Gasteiger charge is 2.26. The summed E-state index contributed by atoms with van der Waals surface area (Å²) in [6.07, 6.45) is -0.588. The number of hydrogen-bond donors (Lipinski definition) is 2. The Hall–Kier alpha value is -1.77. The van der Waals surface area contributed by atoms with Crippen LogP contribution in [0.1, 0.15) is 6.42 Å². The summed E-state index contributed by atoms with van der Waals surface area (Å²) in [4.78, 5) is 10.8. The van der Waals surface area contributed by atoms with Gasteiger partial charge in [0.2, 0.25) is 11.7 Å². The highest BCUT2D eigenvalue weighted by molar-refractivity contribution is 7.80. The smallest absolute Gasteiger partial charge is 0.231 e. The number of halogens is 5. The molecule has 0 atom stereocenters. The van der Waals surface area contributed by atoms with Crippen molar-refractivity contribution in [2.75, 3.05) is 5.32 Å². The lowest BCUT2D eigenvalue weighted by Gasteiger charge is -2.09. The Morgan fingerprint density at radius 1 is 1.00 bits per heavy atom. The highest BCUT2D eigenvalue weighted by atomic mass is 32.1. The number of carbonyl (C=O) groups is 1. The summed E-state index contributed by atoms with van der Waals surface area (Å²) in [6, 6.07) is 0. The zero-order valence-corrected chi connectivity index (χ0v) is 9.31. The molecule has 1 aromatic carbocycles. The molecule has 9 heteroatoms. The molecule has 1 amide bonds. The zero-order chi connectivity index (χ0) is 14.0. The second-order valence-corrected chi connectivity index (χ2v) is 3.66. The van der Waals surface area contributed by atoms with Gasteiger partial charge in [0.25, 0.3) is 0 Å². The Balaban J connectivity index is 3.18. The van der Waals surface area contributed by atoms with E-state index in [1.54, 1.807) is 0 Å². The molecule has 0 aliphatic heterocycles. The van der Waals surface area contributed by atoms with Gasteiger partial charge in [-0.3, -0.25) is 4.79 Å². The van der Waals surface area contributed by atoms with Gasteiger partial charge in [-0.15, -0.1) is 0 Å². The van der Waals surface area contributed by atoms with Crippen LogP contribution in [0.3, 0.4) is 0 Å². The molecule has 0 radical (unpaired) electrons. The number of nitrogens with two attached hydrogens (primary N) is 1. The van der Waals surface area contributed by atoms with Crippen LogP contribution in [0.5, 0.6) is 0 Å². The summed E-state index contributed by atoms with van der Waals surface area (Å²) in [5.74, 6) is -12.0. The van der Waals surface area contributed by atoms with Crippen molar-refractivity contribution in [1.29, 1.82) is 0 Å². The van der Waals surface area contributed by atoms with Crippen molar-refractivity contribution < 1.29 is 26.7 Å². The van der Waals surface area contributed by atoms with Crippen LogP contribution < -0.4 is 11.1 Å². The van der Waals surface area contributed by atoms with Crippen LogP contribution in [0.25, 0.3) is 0 Å². The normalized spacial score (nSPS) is 10.3. The first-order chi connectivity index (χ1) is 8.25. The van der Waals surface area contributed by atoms with Crippen LogP contribution in [-0.4, -0.2) is 10.9 Å². The molecule has 3 nitrogen and oxygen atoms in total. The summed E-state index contributed by atoms with van der Waals surface area (Å²) >= 11 is 4.35. The van der Waals surface area contributed by atoms with E-state index in [1.807, 2.05) is 0 Å². The fourth-order valence-electron chi connectivity index (χ4n) is 1.06. The van der Waals surface area contributed by atoms with Gasteiger partial charge in [-0.1, -0.05) is 12.2 Å². The molecule has 0 bridgehead atoms. The largest absolute Gasteiger partial charge is 0.393 e. The van der Waals surface area contributed by atoms with E-state index in [-0.39, 0.29) is 4.99 Å². The second-order valence-electron chi connectivity index (χ2n) is 3.14. The third-order valence-corrected chi connectivity index (χ3v) is 1.95. The number of anilines is 1. The molecule has 1 rings (SSSR count). The van der Waals surface area contributed by atoms with Gasteiger partial charge in [0.15, 0.2) is 23.3 Å². The first-order valence-electron chi connectivity index (χ1n) is 4.35. The monoisotopic (exact) mass is 284 g/mol. The highest BCUT2D eigenvalue weighted by Crippen LogP contribution is 2.27. The third-order valence-electron chi connectivity index (χ3n) is 1.81. The summed E-state index contributed by atoms with van der Waals surface area (Å²) in [5.41, 5.74) is 3.54. The van der Waals surface area contributed by atoms with E-state index < -0.39 is 47.1 Å². The van der Waals surface area contributed by atoms with Gasteiger partial charge in [-0.25, -0.2) is 22.0 Å². The Kier molecular flexibility index (Phi) is 4.17. The van der Waals surface area contributed by atoms with Crippen molar-refractivity contribution >= 4 is 28.8 Å². The number of thiocarbonyl (C=S) groups is 1. The Bertz CT molecular complexity index is 505. The standard InChI is InChI=1S/C9H5F5N2OS/c10-4-5(11)7(13)9(8(14)6(4)12)16-3(17)1-2(15)18/h1H2,(H2,15,18)(H,16,17). The van der Waals surface area contributed by atoms with Crippen molar-refractivity contribution in [3.05, 3.63) is 29.1 Å². The fourth-order valence-corrected chi connectivity index (χ4v) is 1.19. The second kappa shape index (κ2) is 5.25. The fraction of sp³-hybridized carbons (Fsp3) is 0.111. The van der Waals surface area contributed by atoms with Gasteiger partial charge in [0.05, 0.1) is 11.4 Å².